The van der Waals surface area contributed by atoms with Crippen LogP contribution in [0.1, 0.15) is 12.2 Å². The number of hydrogen-bond acceptors (Lipinski definition) is 5. The first kappa shape index (κ1) is 17.5. The number of alkyl halides is 3. The maximum absolute atomic E-state index is 13.2. The van der Waals surface area contributed by atoms with E-state index in [1.807, 2.05) is 4.90 Å². The number of rotatable bonds is 2. The van der Waals surface area contributed by atoms with Gasteiger partial charge in [-0.25, -0.2) is 18.4 Å². The van der Waals surface area contributed by atoms with Gasteiger partial charge in [-0.2, -0.15) is 17.5 Å². The van der Waals surface area contributed by atoms with E-state index in [1.165, 1.54) is 10.4 Å². The molecule has 1 aromatic heterocycles. The molecule has 2 saturated heterocycles. The SMILES string of the molecule is CS(=O)(=O)N1CC2CCN(c3nc(C(F)(F)F)nc4ccccc34)C2C1. The molecule has 2 atom stereocenters. The smallest absolute Gasteiger partial charge is 0.351 e. The van der Waals surface area contributed by atoms with E-state index in [0.29, 0.717) is 18.5 Å². The number of para-hydroxylation sites is 1. The van der Waals surface area contributed by atoms with Gasteiger partial charge < -0.3 is 4.90 Å². The van der Waals surface area contributed by atoms with E-state index in [2.05, 4.69) is 9.97 Å². The summed E-state index contributed by atoms with van der Waals surface area (Å²) in [4.78, 5) is 9.29. The molecule has 6 nitrogen and oxygen atoms in total. The number of hydrogen-bond donors (Lipinski definition) is 0. The Labute approximate surface area is 148 Å². The summed E-state index contributed by atoms with van der Waals surface area (Å²) in [5.74, 6) is -0.855. The second-order valence-corrected chi connectivity index (χ2v) is 8.76. The summed E-state index contributed by atoms with van der Waals surface area (Å²) >= 11 is 0. The average Bonchev–Trinajstić information content (AvgIpc) is 3.13. The van der Waals surface area contributed by atoms with E-state index in [4.69, 9.17) is 0 Å². The van der Waals surface area contributed by atoms with Gasteiger partial charge in [0.05, 0.1) is 11.8 Å². The molecule has 0 bridgehead atoms. The Balaban J connectivity index is 1.79. The molecule has 0 spiro atoms. The highest BCUT2D eigenvalue weighted by atomic mass is 32.2. The lowest BCUT2D eigenvalue weighted by atomic mass is 10.1. The zero-order chi connectivity index (χ0) is 18.7. The number of benzene rings is 1. The van der Waals surface area contributed by atoms with Crippen molar-refractivity contribution in [1.29, 1.82) is 0 Å². The van der Waals surface area contributed by atoms with E-state index in [1.54, 1.807) is 18.2 Å². The molecule has 0 amide bonds. The van der Waals surface area contributed by atoms with Crippen LogP contribution in [0.15, 0.2) is 24.3 Å². The maximum Gasteiger partial charge on any atom is 0.451 e. The first-order chi connectivity index (χ1) is 12.1. The van der Waals surface area contributed by atoms with Crippen LogP contribution in [0.5, 0.6) is 0 Å². The molecule has 3 heterocycles. The minimum atomic E-state index is -4.65. The molecule has 0 saturated carbocycles. The van der Waals surface area contributed by atoms with Crippen LogP contribution in [0.25, 0.3) is 10.9 Å². The van der Waals surface area contributed by atoms with Crippen molar-refractivity contribution >= 4 is 26.7 Å². The second-order valence-electron chi connectivity index (χ2n) is 6.78. The van der Waals surface area contributed by atoms with Gasteiger partial charge >= 0.3 is 6.18 Å². The molecule has 26 heavy (non-hydrogen) atoms. The van der Waals surface area contributed by atoms with E-state index in [0.717, 1.165) is 12.7 Å². The number of anilines is 1. The number of nitrogens with zero attached hydrogens (tertiary/aromatic N) is 4. The first-order valence-corrected chi connectivity index (χ1v) is 10.0. The highest BCUT2D eigenvalue weighted by Crippen LogP contribution is 2.39. The van der Waals surface area contributed by atoms with Gasteiger partial charge in [-0.3, -0.25) is 0 Å². The lowest BCUT2D eigenvalue weighted by Crippen LogP contribution is -2.37. The molecule has 10 heteroatoms. The molecule has 2 aromatic rings. The van der Waals surface area contributed by atoms with E-state index < -0.39 is 22.0 Å². The van der Waals surface area contributed by atoms with Crippen LogP contribution in [-0.2, 0) is 16.2 Å². The predicted octanol–water partition coefficient (Wildman–Crippen LogP) is 2.12. The van der Waals surface area contributed by atoms with Gasteiger partial charge in [0.2, 0.25) is 15.8 Å². The van der Waals surface area contributed by atoms with Crippen LogP contribution in [0.4, 0.5) is 19.0 Å². The summed E-state index contributed by atoms with van der Waals surface area (Å²) in [5.41, 5.74) is 0.228. The summed E-state index contributed by atoms with van der Waals surface area (Å²) in [6.07, 6.45) is -2.77. The molecule has 2 unspecified atom stereocenters. The third-order valence-electron chi connectivity index (χ3n) is 5.09. The van der Waals surface area contributed by atoms with Crippen molar-refractivity contribution in [1.82, 2.24) is 14.3 Å². The van der Waals surface area contributed by atoms with Crippen LogP contribution in [0, 0.1) is 5.92 Å². The highest BCUT2D eigenvalue weighted by Gasteiger charge is 2.45. The van der Waals surface area contributed by atoms with Gasteiger partial charge in [-0.1, -0.05) is 12.1 Å². The Morgan fingerprint density at radius 2 is 1.88 bits per heavy atom. The van der Waals surface area contributed by atoms with Gasteiger partial charge in [0.15, 0.2) is 0 Å². The normalized spacial score (nSPS) is 24.4. The molecular formula is C16H17F3N4O2S. The van der Waals surface area contributed by atoms with Gasteiger partial charge in [0.1, 0.15) is 5.82 Å². The summed E-state index contributed by atoms with van der Waals surface area (Å²) in [7, 11) is -3.33. The largest absolute Gasteiger partial charge is 0.451 e. The minimum Gasteiger partial charge on any atom is -0.351 e. The molecule has 0 radical (unpaired) electrons. The van der Waals surface area contributed by atoms with Crippen molar-refractivity contribution in [2.24, 2.45) is 5.92 Å². The fourth-order valence-corrected chi connectivity index (χ4v) is 4.75. The molecule has 140 valence electrons. The van der Waals surface area contributed by atoms with Crippen molar-refractivity contribution in [3.63, 3.8) is 0 Å². The Bertz CT molecular complexity index is 964. The summed E-state index contributed by atoms with van der Waals surface area (Å²) in [6.45, 7) is 1.21. The van der Waals surface area contributed by atoms with Crippen molar-refractivity contribution in [2.75, 3.05) is 30.8 Å². The summed E-state index contributed by atoms with van der Waals surface area (Å²) in [5, 5.41) is 0.541. The Hall–Kier alpha value is -1.94. The van der Waals surface area contributed by atoms with Crippen molar-refractivity contribution < 1.29 is 21.6 Å². The number of halogens is 3. The summed E-state index contributed by atoms with van der Waals surface area (Å²) < 4.78 is 64.8. The van der Waals surface area contributed by atoms with Gasteiger partial charge in [0.25, 0.3) is 0 Å². The van der Waals surface area contributed by atoms with Crippen molar-refractivity contribution in [3.8, 4) is 0 Å². The predicted molar refractivity (Wildman–Crippen MR) is 90.2 cm³/mol. The van der Waals surface area contributed by atoms with E-state index in [9.17, 15) is 21.6 Å². The van der Waals surface area contributed by atoms with Gasteiger partial charge in [0, 0.05) is 31.1 Å². The van der Waals surface area contributed by atoms with E-state index in [-0.39, 0.29) is 29.8 Å². The standard InChI is InChI=1S/C16H17F3N4O2S/c1-26(24,25)22-8-10-6-7-23(13(10)9-22)14-11-4-2-3-5-12(11)20-15(21-14)16(17,18)19/h2-5,10,13H,6-9H2,1H3. The fraction of sp³-hybridized carbons (Fsp3) is 0.500. The molecule has 0 aliphatic carbocycles. The minimum absolute atomic E-state index is 0.0905. The number of aromatic nitrogens is 2. The molecule has 4 rings (SSSR count). The van der Waals surface area contributed by atoms with Crippen LogP contribution in [-0.4, -0.2) is 54.6 Å². The number of sulfonamides is 1. The quantitative estimate of drug-likeness (QED) is 0.791. The molecule has 0 N–H and O–H groups in total. The van der Waals surface area contributed by atoms with Gasteiger partial charge in [-0.15, -0.1) is 0 Å². The molecule has 1 aromatic carbocycles. The van der Waals surface area contributed by atoms with Crippen molar-refractivity contribution in [2.45, 2.75) is 18.6 Å². The molecule has 2 aliphatic rings. The Morgan fingerprint density at radius 3 is 2.58 bits per heavy atom. The lowest BCUT2D eigenvalue weighted by molar-refractivity contribution is -0.144. The second kappa shape index (κ2) is 5.78. The zero-order valence-corrected chi connectivity index (χ0v) is 14.8. The molecule has 2 aliphatic heterocycles. The first-order valence-electron chi connectivity index (χ1n) is 8.20. The summed E-state index contributed by atoms with van der Waals surface area (Å²) in [6, 6.07) is 6.41. The third-order valence-corrected chi connectivity index (χ3v) is 6.33. The van der Waals surface area contributed by atoms with Crippen LogP contribution in [0.3, 0.4) is 0 Å². The van der Waals surface area contributed by atoms with Crippen LogP contribution < -0.4 is 4.90 Å². The number of fused-ring (bicyclic) bond motifs is 2. The lowest BCUT2D eigenvalue weighted by Gasteiger charge is -2.27. The van der Waals surface area contributed by atoms with Crippen LogP contribution >= 0.6 is 0 Å². The van der Waals surface area contributed by atoms with E-state index >= 15 is 0 Å². The average molecular weight is 386 g/mol. The molecule has 2 fully saturated rings. The Morgan fingerprint density at radius 1 is 1.15 bits per heavy atom. The monoisotopic (exact) mass is 386 g/mol. The topological polar surface area (TPSA) is 66.4 Å². The fourth-order valence-electron chi connectivity index (χ4n) is 3.86. The highest BCUT2D eigenvalue weighted by molar-refractivity contribution is 7.88. The van der Waals surface area contributed by atoms with Crippen LogP contribution in [0.2, 0.25) is 0 Å². The molecular weight excluding hydrogens is 369 g/mol. The van der Waals surface area contributed by atoms with Gasteiger partial charge in [-0.05, 0) is 24.5 Å². The van der Waals surface area contributed by atoms with Crippen molar-refractivity contribution in [3.05, 3.63) is 30.1 Å². The zero-order valence-electron chi connectivity index (χ0n) is 13.9. The maximum atomic E-state index is 13.2. The Kier molecular flexibility index (Phi) is 3.88. The third kappa shape index (κ3) is 2.90.